The van der Waals surface area contributed by atoms with Crippen molar-refractivity contribution in [3.8, 4) is 33.9 Å². The highest BCUT2D eigenvalue weighted by Crippen LogP contribution is 2.32. The average Bonchev–Trinajstić information content (AvgIpc) is 4.15. The van der Waals surface area contributed by atoms with Gasteiger partial charge in [0.25, 0.3) is 11.1 Å². The van der Waals surface area contributed by atoms with Gasteiger partial charge in [0.2, 0.25) is 5.82 Å². The summed E-state index contributed by atoms with van der Waals surface area (Å²) in [6, 6.07) is 40.0. The number of nitrogens with zero attached hydrogens (tertiary/aromatic N) is 12. The largest absolute Gasteiger partial charge is 0.333 e. The molecule has 0 fully saturated rings. The topological polar surface area (TPSA) is 191 Å². The molecule has 17 nitrogen and oxygen atoms in total. The first-order valence-corrected chi connectivity index (χ1v) is 24.0. The Morgan fingerprint density at radius 1 is 0.600 bits per heavy atom. The van der Waals surface area contributed by atoms with Crippen LogP contribution in [-0.2, 0) is 39.6 Å². The van der Waals surface area contributed by atoms with Gasteiger partial charge in [0.15, 0.2) is 11.3 Å². The summed E-state index contributed by atoms with van der Waals surface area (Å²) in [4.78, 5) is 57.0. The molecule has 11 aromatic rings. The van der Waals surface area contributed by atoms with Gasteiger partial charge in [-0.3, -0.25) is 42.2 Å². The van der Waals surface area contributed by atoms with Crippen molar-refractivity contribution in [3.63, 3.8) is 0 Å². The average molecular weight is 950 g/mol. The molecule has 0 saturated carbocycles. The van der Waals surface area contributed by atoms with E-state index in [0.29, 0.717) is 64.8 Å². The fourth-order valence-electron chi connectivity index (χ4n) is 9.10. The number of nitrogens with one attached hydrogen (secondary N) is 1. The van der Waals surface area contributed by atoms with Crippen LogP contribution >= 0.6 is 11.8 Å². The molecule has 5 aromatic carbocycles. The Hall–Kier alpha value is -8.51. The minimum absolute atomic E-state index is 0.182. The molecule has 350 valence electrons. The van der Waals surface area contributed by atoms with Crippen molar-refractivity contribution in [1.82, 2.24) is 63.4 Å². The number of aromatic nitrogens is 13. The molecule has 1 N–H and O–H groups in total. The van der Waals surface area contributed by atoms with Gasteiger partial charge in [-0.2, -0.15) is 15.4 Å². The standard InChI is InChI=1S/C28H26N8O2.C24H21N5O2S/c1-17(2)15-35-26-23(27(37)34(3)28(35)38)24(19-10-7-11-20(14-19)25-29-32-33-30-25)36(31-26)16-21-12-6-9-18-8-4-5-13-22(18)21;1-27-23(30)20-21(17-10-12-25-13-11-17)29(26-22(20)28(15-32-2)24(27)31)14-18-8-5-7-16-6-3-4-9-19(16)18/h4-14,17H,15-16H2,1-3H3,(H,29,30,32,33);3-13H,14-15H2,1-2H3. The van der Waals surface area contributed by atoms with E-state index in [1.165, 1.54) is 30.4 Å². The number of pyridine rings is 1. The van der Waals surface area contributed by atoms with Crippen LogP contribution in [0, 0.1) is 5.92 Å². The van der Waals surface area contributed by atoms with Crippen LogP contribution in [0.5, 0.6) is 0 Å². The Labute approximate surface area is 403 Å². The first kappa shape index (κ1) is 45.3. The van der Waals surface area contributed by atoms with Crippen LogP contribution in [0.25, 0.3) is 77.5 Å². The summed E-state index contributed by atoms with van der Waals surface area (Å²) in [5.74, 6) is 1.03. The molecule has 6 heterocycles. The zero-order valence-electron chi connectivity index (χ0n) is 39.0. The third kappa shape index (κ3) is 8.21. The summed E-state index contributed by atoms with van der Waals surface area (Å²) in [6.07, 6.45) is 5.30. The normalized spacial score (nSPS) is 11.6. The van der Waals surface area contributed by atoms with Crippen LogP contribution in [0.1, 0.15) is 25.0 Å². The van der Waals surface area contributed by atoms with Crippen molar-refractivity contribution in [2.45, 2.75) is 39.4 Å². The highest BCUT2D eigenvalue weighted by atomic mass is 32.2. The zero-order valence-corrected chi connectivity index (χ0v) is 39.8. The van der Waals surface area contributed by atoms with Crippen LogP contribution in [0.15, 0.2) is 153 Å². The fourth-order valence-corrected chi connectivity index (χ4v) is 9.59. The summed E-state index contributed by atoms with van der Waals surface area (Å²) >= 11 is 1.50. The van der Waals surface area contributed by atoms with Crippen molar-refractivity contribution in [3.05, 3.63) is 187 Å². The predicted molar refractivity (Wildman–Crippen MR) is 275 cm³/mol. The summed E-state index contributed by atoms with van der Waals surface area (Å²) in [6.45, 7) is 5.38. The number of rotatable bonds is 11. The summed E-state index contributed by atoms with van der Waals surface area (Å²) in [5.41, 5.74) is 5.11. The van der Waals surface area contributed by atoms with Crippen molar-refractivity contribution >= 4 is 55.4 Å². The van der Waals surface area contributed by atoms with Gasteiger partial charge in [0.05, 0.1) is 30.4 Å². The van der Waals surface area contributed by atoms with Crippen molar-refractivity contribution in [2.75, 3.05) is 6.26 Å². The predicted octanol–water partition coefficient (Wildman–Crippen LogP) is 7.08. The number of H-pyrrole nitrogens is 1. The van der Waals surface area contributed by atoms with E-state index in [0.717, 1.165) is 53.9 Å². The molecule has 0 spiro atoms. The van der Waals surface area contributed by atoms with Gasteiger partial charge in [0.1, 0.15) is 10.8 Å². The summed E-state index contributed by atoms with van der Waals surface area (Å²) in [7, 11) is 3.03. The second-order valence-corrected chi connectivity index (χ2v) is 18.2. The maximum absolute atomic E-state index is 13.6. The first-order valence-electron chi connectivity index (χ1n) is 22.6. The number of fused-ring (bicyclic) bond motifs is 4. The van der Waals surface area contributed by atoms with E-state index in [1.54, 1.807) is 21.5 Å². The van der Waals surface area contributed by atoms with E-state index < -0.39 is 0 Å². The van der Waals surface area contributed by atoms with Gasteiger partial charge in [0, 0.05) is 49.7 Å². The van der Waals surface area contributed by atoms with Gasteiger partial charge >= 0.3 is 11.4 Å². The number of hydrogen-bond donors (Lipinski definition) is 1. The Morgan fingerprint density at radius 2 is 1.11 bits per heavy atom. The molecule has 0 unspecified atom stereocenters. The Bertz CT molecular complexity index is 3990. The molecular weight excluding hydrogens is 903 g/mol. The summed E-state index contributed by atoms with van der Waals surface area (Å²) in [5, 5.41) is 29.4. The molecule has 0 atom stereocenters. The molecule has 0 aliphatic heterocycles. The van der Waals surface area contributed by atoms with E-state index in [1.807, 2.05) is 102 Å². The maximum Gasteiger partial charge on any atom is 0.333 e. The number of aromatic amines is 1. The second kappa shape index (κ2) is 18.9. The molecule has 11 rings (SSSR count). The van der Waals surface area contributed by atoms with E-state index in [-0.39, 0.29) is 28.4 Å². The molecule has 0 radical (unpaired) electrons. The molecule has 0 aliphatic carbocycles. The van der Waals surface area contributed by atoms with Crippen molar-refractivity contribution in [2.24, 2.45) is 20.0 Å². The van der Waals surface area contributed by atoms with E-state index >= 15 is 0 Å². The monoisotopic (exact) mass is 949 g/mol. The van der Waals surface area contributed by atoms with Gasteiger partial charge in [-0.05, 0) is 68.3 Å². The minimum atomic E-state index is -0.380. The third-order valence-electron chi connectivity index (χ3n) is 12.4. The van der Waals surface area contributed by atoms with E-state index in [2.05, 4.69) is 74.1 Å². The van der Waals surface area contributed by atoms with Crippen LogP contribution in [0.4, 0.5) is 0 Å². The molecule has 0 aliphatic rings. The number of thioether (sulfide) groups is 1. The Balaban J connectivity index is 0.000000165. The first-order chi connectivity index (χ1) is 34.0. The quantitative estimate of drug-likeness (QED) is 0.139. The number of tetrazole rings is 1. The van der Waals surface area contributed by atoms with Gasteiger partial charge in [-0.1, -0.05) is 117 Å². The van der Waals surface area contributed by atoms with Crippen LogP contribution < -0.4 is 22.5 Å². The second-order valence-electron chi connectivity index (χ2n) is 17.4. The van der Waals surface area contributed by atoms with E-state index in [4.69, 9.17) is 10.2 Å². The van der Waals surface area contributed by atoms with Gasteiger partial charge in [-0.15, -0.1) is 22.0 Å². The van der Waals surface area contributed by atoms with Gasteiger partial charge in [-0.25, -0.2) is 9.59 Å². The molecule has 0 amide bonds. The van der Waals surface area contributed by atoms with Crippen molar-refractivity contribution in [1.29, 1.82) is 0 Å². The lowest BCUT2D eigenvalue weighted by Gasteiger charge is -2.11. The highest BCUT2D eigenvalue weighted by molar-refractivity contribution is 7.97. The molecule has 0 saturated heterocycles. The maximum atomic E-state index is 13.6. The highest BCUT2D eigenvalue weighted by Gasteiger charge is 2.25. The Morgan fingerprint density at radius 3 is 1.67 bits per heavy atom. The lowest BCUT2D eigenvalue weighted by atomic mass is 10.0. The fraction of sp³-hybridized carbons (Fsp3) is 0.192. The molecule has 6 aromatic heterocycles. The zero-order chi connectivity index (χ0) is 48.6. The number of benzene rings is 5. The third-order valence-corrected chi connectivity index (χ3v) is 12.9. The van der Waals surface area contributed by atoms with E-state index in [9.17, 15) is 19.2 Å². The van der Waals surface area contributed by atoms with Crippen molar-refractivity contribution < 1.29 is 0 Å². The molecule has 18 heteroatoms. The Kier molecular flexibility index (Phi) is 12.2. The van der Waals surface area contributed by atoms with Crippen LogP contribution in [0.2, 0.25) is 0 Å². The van der Waals surface area contributed by atoms with Crippen LogP contribution in [0.3, 0.4) is 0 Å². The lowest BCUT2D eigenvalue weighted by Crippen LogP contribution is -2.38. The van der Waals surface area contributed by atoms with Crippen LogP contribution in [-0.4, -0.2) is 69.7 Å². The summed E-state index contributed by atoms with van der Waals surface area (Å²) < 4.78 is 9.16. The lowest BCUT2D eigenvalue weighted by molar-refractivity contribution is 0.498. The number of hydrogen-bond acceptors (Lipinski definition) is 11. The molecule has 70 heavy (non-hydrogen) atoms. The molecule has 0 bridgehead atoms. The smallest absolute Gasteiger partial charge is 0.276 e. The minimum Gasteiger partial charge on any atom is -0.276 e. The SMILES string of the molecule is CC(C)Cn1c(=O)n(C)c(=O)c2c(-c3cccc(-c4nn[nH]n4)c3)n(Cc3cccc4ccccc34)nc21.CSCn1c(=O)n(C)c(=O)c2c(-c3ccncc3)n(Cc3cccc4ccccc34)nc21. The molecular formula is C52H47N13O4S. The van der Waals surface area contributed by atoms with Gasteiger partial charge < -0.3 is 0 Å².